The highest BCUT2D eigenvalue weighted by molar-refractivity contribution is 7.71. The second-order valence-corrected chi connectivity index (χ2v) is 5.85. The van der Waals surface area contributed by atoms with Crippen LogP contribution in [0.4, 0.5) is 0 Å². The summed E-state index contributed by atoms with van der Waals surface area (Å²) in [5, 5.41) is 12.2. The second-order valence-electron chi connectivity index (χ2n) is 5.46. The summed E-state index contributed by atoms with van der Waals surface area (Å²) < 4.78 is 8.65. The lowest BCUT2D eigenvalue weighted by Crippen LogP contribution is -2.19. The number of rotatable bonds is 2. The van der Waals surface area contributed by atoms with Gasteiger partial charge in [-0.25, -0.2) is 0 Å². The molecule has 1 aliphatic heterocycles. The van der Waals surface area contributed by atoms with Crippen molar-refractivity contribution in [2.75, 3.05) is 0 Å². The number of aromatic nitrogens is 1. The lowest BCUT2D eigenvalue weighted by molar-refractivity contribution is -0.0203. The average molecular weight is 289 g/mol. The van der Waals surface area contributed by atoms with Gasteiger partial charge >= 0.3 is 0 Å². The van der Waals surface area contributed by atoms with Crippen LogP contribution < -0.4 is 0 Å². The minimum Gasteiger partial charge on any atom is -0.390 e. The molecule has 1 N–H and O–H groups in total. The molecule has 3 rings (SSSR count). The second kappa shape index (κ2) is 5.28. The van der Waals surface area contributed by atoms with Gasteiger partial charge in [-0.15, -0.1) is 0 Å². The first-order valence-electron chi connectivity index (χ1n) is 7.05. The van der Waals surface area contributed by atoms with Crippen LogP contribution in [-0.4, -0.2) is 21.9 Å². The highest BCUT2D eigenvalue weighted by Gasteiger charge is 2.33. The molecule has 1 unspecified atom stereocenters. The summed E-state index contributed by atoms with van der Waals surface area (Å²) in [6, 6.07) is 8.33. The highest BCUT2D eigenvalue weighted by Crippen LogP contribution is 2.31. The molecule has 1 saturated heterocycles. The van der Waals surface area contributed by atoms with Gasteiger partial charge in [0.1, 0.15) is 10.9 Å². The fourth-order valence-electron chi connectivity index (χ4n) is 2.86. The zero-order valence-corrected chi connectivity index (χ0v) is 12.6. The van der Waals surface area contributed by atoms with Crippen molar-refractivity contribution in [3.05, 3.63) is 40.7 Å². The van der Waals surface area contributed by atoms with Crippen LogP contribution in [0.3, 0.4) is 0 Å². The Labute approximate surface area is 123 Å². The van der Waals surface area contributed by atoms with Crippen molar-refractivity contribution in [3.63, 3.8) is 0 Å². The smallest absolute Gasteiger partial charge is 0.137 e. The first kappa shape index (κ1) is 13.7. The molecule has 2 heterocycles. The van der Waals surface area contributed by atoms with Crippen molar-refractivity contribution < 1.29 is 9.84 Å². The van der Waals surface area contributed by atoms with Crippen LogP contribution in [0.1, 0.15) is 31.6 Å². The number of hydrogen-bond donors (Lipinski definition) is 1. The summed E-state index contributed by atoms with van der Waals surface area (Å²) in [6.45, 7) is 4.10. The van der Waals surface area contributed by atoms with Gasteiger partial charge in [-0.3, -0.25) is 0 Å². The molecule has 1 fully saturated rings. The first-order chi connectivity index (χ1) is 9.60. The van der Waals surface area contributed by atoms with Gasteiger partial charge in [0.25, 0.3) is 0 Å². The van der Waals surface area contributed by atoms with Gasteiger partial charge < -0.3 is 14.4 Å². The fraction of sp³-hybridized carbons (Fsp3) is 0.438. The molecule has 1 aromatic heterocycles. The van der Waals surface area contributed by atoms with Gasteiger partial charge in [-0.2, -0.15) is 0 Å². The molecule has 3 nitrogen and oxygen atoms in total. The zero-order chi connectivity index (χ0) is 14.3. The van der Waals surface area contributed by atoms with Crippen molar-refractivity contribution >= 4 is 23.0 Å². The molecule has 106 valence electrons. The van der Waals surface area contributed by atoms with Crippen LogP contribution in [0.15, 0.2) is 30.5 Å². The quantitative estimate of drug-likeness (QED) is 0.855. The topological polar surface area (TPSA) is 34.4 Å². The molecular weight excluding hydrogens is 270 g/mol. The molecule has 0 spiro atoms. The largest absolute Gasteiger partial charge is 0.390 e. The van der Waals surface area contributed by atoms with Gasteiger partial charge in [0.15, 0.2) is 0 Å². The van der Waals surface area contributed by atoms with E-state index in [0.717, 1.165) is 21.8 Å². The number of ether oxygens (including phenoxy) is 1. The maximum absolute atomic E-state index is 9.99. The zero-order valence-electron chi connectivity index (χ0n) is 11.7. The van der Waals surface area contributed by atoms with E-state index in [2.05, 4.69) is 31.2 Å². The van der Waals surface area contributed by atoms with Gasteiger partial charge in [0.2, 0.25) is 0 Å². The third-order valence-corrected chi connectivity index (χ3v) is 4.43. The van der Waals surface area contributed by atoms with E-state index in [4.69, 9.17) is 17.0 Å². The Morgan fingerprint density at radius 1 is 1.40 bits per heavy atom. The monoisotopic (exact) mass is 289 g/mol. The molecule has 20 heavy (non-hydrogen) atoms. The van der Waals surface area contributed by atoms with Crippen molar-refractivity contribution in [2.24, 2.45) is 0 Å². The Morgan fingerprint density at radius 2 is 2.20 bits per heavy atom. The number of hydrogen-bond acceptors (Lipinski definition) is 3. The van der Waals surface area contributed by atoms with Gasteiger partial charge in [-0.05, 0) is 24.8 Å². The fourth-order valence-corrected chi connectivity index (χ4v) is 3.23. The number of nitrogens with zero attached hydrogens (tertiary/aromatic N) is 1. The third kappa shape index (κ3) is 2.28. The Morgan fingerprint density at radius 3 is 2.90 bits per heavy atom. The van der Waals surface area contributed by atoms with Crippen LogP contribution >= 0.6 is 12.2 Å². The molecule has 0 bridgehead atoms. The molecule has 0 saturated carbocycles. The molecule has 2 aromatic rings. The molecule has 1 aromatic carbocycles. The van der Waals surface area contributed by atoms with E-state index >= 15 is 0 Å². The normalized spacial score (nSPS) is 26.2. The standard InChI is InChI=1S/C16H19NO2S/c1-3-14-13(18)9-15(19-14)17-7-6-11-8-10(2)4-5-12(11)16(17)20/h4-8,13-15,18H,3,9H2,1-2H3/t13?,14-,15-/m1/s1. The van der Waals surface area contributed by atoms with E-state index in [9.17, 15) is 5.11 Å². The molecule has 4 heteroatoms. The summed E-state index contributed by atoms with van der Waals surface area (Å²) in [6.07, 6.45) is 2.74. The molecule has 0 aliphatic carbocycles. The maximum atomic E-state index is 9.99. The van der Waals surface area contributed by atoms with Crippen molar-refractivity contribution in [3.8, 4) is 0 Å². The predicted molar refractivity (Wildman–Crippen MR) is 82.3 cm³/mol. The van der Waals surface area contributed by atoms with E-state index in [-0.39, 0.29) is 12.3 Å². The number of aliphatic hydroxyl groups is 1. The van der Waals surface area contributed by atoms with Crippen LogP contribution in [0.2, 0.25) is 0 Å². The summed E-state index contributed by atoms with van der Waals surface area (Å²) >= 11 is 5.59. The number of benzene rings is 1. The molecular formula is C16H19NO2S. The van der Waals surface area contributed by atoms with Crippen LogP contribution in [0.25, 0.3) is 10.8 Å². The summed E-state index contributed by atoms with van der Waals surface area (Å²) in [4.78, 5) is 0. The van der Waals surface area contributed by atoms with Crippen molar-refractivity contribution in [1.82, 2.24) is 4.57 Å². The van der Waals surface area contributed by atoms with Gasteiger partial charge in [0.05, 0.1) is 12.2 Å². The van der Waals surface area contributed by atoms with E-state index in [1.54, 1.807) is 0 Å². The van der Waals surface area contributed by atoms with E-state index in [1.165, 1.54) is 5.56 Å². The predicted octanol–water partition coefficient (Wildman–Crippen LogP) is 3.74. The molecule has 3 atom stereocenters. The SMILES string of the molecule is CC[C@H]1O[C@@H](n2ccc3cc(C)ccc3c2=S)CC1O. The summed E-state index contributed by atoms with van der Waals surface area (Å²) in [7, 11) is 0. The van der Waals surface area contributed by atoms with Crippen LogP contribution in [0.5, 0.6) is 0 Å². The minimum absolute atomic E-state index is 0.0874. The Kier molecular flexibility index (Phi) is 3.63. The molecule has 0 amide bonds. The van der Waals surface area contributed by atoms with Crippen molar-refractivity contribution in [2.45, 2.75) is 45.1 Å². The summed E-state index contributed by atoms with van der Waals surface area (Å²) in [5.41, 5.74) is 1.23. The first-order valence-corrected chi connectivity index (χ1v) is 7.46. The van der Waals surface area contributed by atoms with Gasteiger partial charge in [-0.1, -0.05) is 42.9 Å². The Balaban J connectivity index is 2.03. The molecule has 1 aliphatic rings. The van der Waals surface area contributed by atoms with Crippen molar-refractivity contribution in [1.29, 1.82) is 0 Å². The third-order valence-electron chi connectivity index (χ3n) is 4.00. The number of fused-ring (bicyclic) bond motifs is 1. The van der Waals surface area contributed by atoms with Gasteiger partial charge in [0, 0.05) is 18.0 Å². The Hall–Kier alpha value is -1.23. The van der Waals surface area contributed by atoms with E-state index in [0.29, 0.717) is 6.42 Å². The Bertz CT molecular complexity index is 694. The number of pyridine rings is 1. The number of aliphatic hydroxyl groups excluding tert-OH is 1. The summed E-state index contributed by atoms with van der Waals surface area (Å²) in [5.74, 6) is 0. The number of aryl methyl sites for hydroxylation is 1. The molecule has 0 radical (unpaired) electrons. The average Bonchev–Trinajstić information content (AvgIpc) is 2.80. The maximum Gasteiger partial charge on any atom is 0.137 e. The minimum atomic E-state index is -0.402. The van der Waals surface area contributed by atoms with Crippen LogP contribution in [0, 0.1) is 11.6 Å². The lowest BCUT2D eigenvalue weighted by Gasteiger charge is -2.17. The van der Waals surface area contributed by atoms with E-state index in [1.807, 2.05) is 17.7 Å². The van der Waals surface area contributed by atoms with Crippen LogP contribution in [-0.2, 0) is 4.74 Å². The van der Waals surface area contributed by atoms with E-state index < -0.39 is 6.10 Å². The highest BCUT2D eigenvalue weighted by atomic mass is 32.1. The lowest BCUT2D eigenvalue weighted by atomic mass is 10.1.